The molecule has 0 bridgehead atoms. The molecule has 3 rings (SSSR count). The van der Waals surface area contributed by atoms with Gasteiger partial charge in [-0.05, 0) is 37.7 Å². The van der Waals surface area contributed by atoms with E-state index in [2.05, 4.69) is 43.5 Å². The number of anilines is 2. The van der Waals surface area contributed by atoms with Crippen LogP contribution >= 0.6 is 27.3 Å². The van der Waals surface area contributed by atoms with Crippen molar-refractivity contribution in [3.8, 4) is 0 Å². The second-order valence-corrected chi connectivity index (χ2v) is 7.74. The van der Waals surface area contributed by atoms with E-state index in [0.29, 0.717) is 10.8 Å². The number of likely N-dealkylation sites (N-methyl/N-ethyl adjacent to an activating group) is 1. The molecule has 24 heavy (non-hydrogen) atoms. The zero-order valence-corrected chi connectivity index (χ0v) is 15.8. The SMILES string of the molecule is Cc1cc(Br)ccc1NC(=O)C(=O)Nc1nc2c(s1)CN(C)CC2. The van der Waals surface area contributed by atoms with E-state index in [4.69, 9.17) is 0 Å². The molecule has 1 aliphatic heterocycles. The van der Waals surface area contributed by atoms with Gasteiger partial charge in [-0.15, -0.1) is 11.3 Å². The minimum absolute atomic E-state index is 0.475. The lowest BCUT2D eigenvalue weighted by Crippen LogP contribution is -2.29. The topological polar surface area (TPSA) is 74.3 Å². The first-order valence-electron chi connectivity index (χ1n) is 7.48. The van der Waals surface area contributed by atoms with Crippen molar-refractivity contribution < 1.29 is 9.59 Å². The quantitative estimate of drug-likeness (QED) is 0.749. The van der Waals surface area contributed by atoms with E-state index in [1.54, 1.807) is 6.07 Å². The molecule has 0 aliphatic carbocycles. The Balaban J connectivity index is 1.65. The summed E-state index contributed by atoms with van der Waals surface area (Å²) in [4.78, 5) is 31.9. The molecule has 0 unspecified atom stereocenters. The highest BCUT2D eigenvalue weighted by atomic mass is 79.9. The molecule has 2 aromatic rings. The molecule has 2 N–H and O–H groups in total. The highest BCUT2D eigenvalue weighted by Crippen LogP contribution is 2.27. The van der Waals surface area contributed by atoms with Crippen LogP contribution in [-0.2, 0) is 22.6 Å². The van der Waals surface area contributed by atoms with Crippen LogP contribution in [-0.4, -0.2) is 35.3 Å². The van der Waals surface area contributed by atoms with Crippen LogP contribution < -0.4 is 10.6 Å². The second-order valence-electron chi connectivity index (χ2n) is 5.74. The number of hydrogen-bond acceptors (Lipinski definition) is 5. The molecule has 2 amide bonds. The number of thiazole rings is 1. The van der Waals surface area contributed by atoms with Crippen LogP contribution in [0.3, 0.4) is 0 Å². The van der Waals surface area contributed by atoms with E-state index >= 15 is 0 Å². The van der Waals surface area contributed by atoms with E-state index in [9.17, 15) is 9.59 Å². The molecular formula is C16H17BrN4O2S. The van der Waals surface area contributed by atoms with E-state index < -0.39 is 11.8 Å². The Hall–Kier alpha value is -1.77. The van der Waals surface area contributed by atoms with Gasteiger partial charge >= 0.3 is 11.8 Å². The summed E-state index contributed by atoms with van der Waals surface area (Å²) in [5.41, 5.74) is 2.49. The van der Waals surface area contributed by atoms with Crippen molar-refractivity contribution in [2.45, 2.75) is 19.9 Å². The van der Waals surface area contributed by atoms with Crippen LogP contribution in [0, 0.1) is 6.92 Å². The molecule has 6 nitrogen and oxygen atoms in total. The maximum atomic E-state index is 12.1. The first-order valence-corrected chi connectivity index (χ1v) is 9.09. The van der Waals surface area contributed by atoms with Crippen LogP contribution in [0.1, 0.15) is 16.1 Å². The van der Waals surface area contributed by atoms with Crippen molar-refractivity contribution >= 4 is 49.9 Å². The predicted molar refractivity (Wildman–Crippen MR) is 98.3 cm³/mol. The molecule has 0 saturated carbocycles. The fourth-order valence-corrected chi connectivity index (χ4v) is 4.04. The average molecular weight is 409 g/mol. The van der Waals surface area contributed by atoms with Crippen molar-refractivity contribution in [3.05, 3.63) is 38.8 Å². The van der Waals surface area contributed by atoms with Crippen LogP contribution in [0.15, 0.2) is 22.7 Å². The Kier molecular flexibility index (Phi) is 4.98. The van der Waals surface area contributed by atoms with Crippen LogP contribution in [0.4, 0.5) is 10.8 Å². The molecule has 8 heteroatoms. The van der Waals surface area contributed by atoms with Crippen molar-refractivity contribution in [1.82, 2.24) is 9.88 Å². The number of rotatable bonds is 2. The minimum atomic E-state index is -0.711. The molecule has 126 valence electrons. The molecule has 1 aromatic heterocycles. The highest BCUT2D eigenvalue weighted by molar-refractivity contribution is 9.10. The number of fused-ring (bicyclic) bond motifs is 1. The van der Waals surface area contributed by atoms with Gasteiger partial charge in [-0.3, -0.25) is 14.9 Å². The molecule has 0 spiro atoms. The van der Waals surface area contributed by atoms with Gasteiger partial charge in [-0.2, -0.15) is 0 Å². The Morgan fingerprint density at radius 3 is 2.79 bits per heavy atom. The lowest BCUT2D eigenvalue weighted by molar-refractivity contribution is -0.133. The van der Waals surface area contributed by atoms with Gasteiger partial charge < -0.3 is 10.2 Å². The molecule has 0 saturated heterocycles. The third-order valence-corrected chi connectivity index (χ3v) is 5.28. The summed E-state index contributed by atoms with van der Waals surface area (Å²) >= 11 is 4.79. The number of halogens is 1. The van der Waals surface area contributed by atoms with Crippen LogP contribution in [0.25, 0.3) is 0 Å². The number of aryl methyl sites for hydroxylation is 1. The summed E-state index contributed by atoms with van der Waals surface area (Å²) in [7, 11) is 2.05. The lowest BCUT2D eigenvalue weighted by atomic mass is 10.2. The fourth-order valence-electron chi connectivity index (χ4n) is 2.48. The van der Waals surface area contributed by atoms with Gasteiger partial charge in [0.2, 0.25) is 0 Å². The number of benzene rings is 1. The number of aromatic nitrogens is 1. The van der Waals surface area contributed by atoms with Crippen LogP contribution in [0.5, 0.6) is 0 Å². The lowest BCUT2D eigenvalue weighted by Gasteiger charge is -2.20. The van der Waals surface area contributed by atoms with Gasteiger partial charge in [0.05, 0.1) is 5.69 Å². The van der Waals surface area contributed by atoms with Crippen molar-refractivity contribution in [2.75, 3.05) is 24.2 Å². The first-order chi connectivity index (χ1) is 11.4. The van der Waals surface area contributed by atoms with Crippen molar-refractivity contribution in [2.24, 2.45) is 0 Å². The number of carbonyl (C=O) groups excluding carboxylic acids is 2. The number of hydrogen-bond donors (Lipinski definition) is 2. The predicted octanol–water partition coefficient (Wildman–Crippen LogP) is 2.78. The summed E-state index contributed by atoms with van der Waals surface area (Å²) in [6.07, 6.45) is 0.864. The van der Waals surface area contributed by atoms with Gasteiger partial charge in [0.15, 0.2) is 5.13 Å². The molecule has 1 aliphatic rings. The number of amides is 2. The first kappa shape index (κ1) is 17.1. The summed E-state index contributed by atoms with van der Waals surface area (Å²) in [5.74, 6) is -1.41. The maximum Gasteiger partial charge on any atom is 0.315 e. The smallest absolute Gasteiger partial charge is 0.315 e. The monoisotopic (exact) mass is 408 g/mol. The molecular weight excluding hydrogens is 392 g/mol. The third-order valence-electron chi connectivity index (χ3n) is 3.79. The highest BCUT2D eigenvalue weighted by Gasteiger charge is 2.21. The molecule has 0 fully saturated rings. The Morgan fingerprint density at radius 2 is 2.04 bits per heavy atom. The second kappa shape index (κ2) is 7.00. The zero-order valence-electron chi connectivity index (χ0n) is 13.4. The summed E-state index contributed by atoms with van der Waals surface area (Å²) in [5, 5.41) is 5.69. The fraction of sp³-hybridized carbons (Fsp3) is 0.312. The van der Waals surface area contributed by atoms with E-state index in [-0.39, 0.29) is 0 Å². The normalized spacial score (nSPS) is 14.1. The number of nitrogens with one attached hydrogen (secondary N) is 2. The zero-order chi connectivity index (χ0) is 17.3. The number of carbonyl (C=O) groups is 2. The molecule has 1 aromatic carbocycles. The molecule has 2 heterocycles. The van der Waals surface area contributed by atoms with E-state index in [0.717, 1.165) is 40.1 Å². The van der Waals surface area contributed by atoms with Gasteiger partial charge in [-0.25, -0.2) is 4.98 Å². The van der Waals surface area contributed by atoms with Gasteiger partial charge in [-0.1, -0.05) is 15.9 Å². The number of nitrogens with zero attached hydrogens (tertiary/aromatic N) is 2. The van der Waals surface area contributed by atoms with Crippen LogP contribution in [0.2, 0.25) is 0 Å². The average Bonchev–Trinajstić information content (AvgIpc) is 2.91. The minimum Gasteiger partial charge on any atom is -0.318 e. The standard InChI is InChI=1S/C16H17BrN4O2S/c1-9-7-10(17)3-4-11(9)18-14(22)15(23)20-16-19-12-5-6-21(2)8-13(12)24-16/h3-4,7H,5-6,8H2,1-2H3,(H,18,22)(H,19,20,23). The van der Waals surface area contributed by atoms with E-state index in [1.165, 1.54) is 11.3 Å². The molecule has 0 radical (unpaired) electrons. The third kappa shape index (κ3) is 3.82. The summed E-state index contributed by atoms with van der Waals surface area (Å²) in [6, 6.07) is 5.44. The Labute approximate surface area is 152 Å². The maximum absolute atomic E-state index is 12.1. The summed E-state index contributed by atoms with van der Waals surface area (Å²) in [6.45, 7) is 3.64. The van der Waals surface area contributed by atoms with E-state index in [1.807, 2.05) is 19.1 Å². The Bertz CT molecular complexity index is 805. The summed E-state index contributed by atoms with van der Waals surface area (Å²) < 4.78 is 0.917. The van der Waals surface area contributed by atoms with Gasteiger partial charge in [0.1, 0.15) is 0 Å². The van der Waals surface area contributed by atoms with Crippen molar-refractivity contribution in [3.63, 3.8) is 0 Å². The van der Waals surface area contributed by atoms with Gasteiger partial charge in [0, 0.05) is 34.5 Å². The Morgan fingerprint density at radius 1 is 1.29 bits per heavy atom. The molecule has 0 atom stereocenters. The largest absolute Gasteiger partial charge is 0.318 e. The van der Waals surface area contributed by atoms with Gasteiger partial charge in [0.25, 0.3) is 0 Å². The van der Waals surface area contributed by atoms with Crippen molar-refractivity contribution in [1.29, 1.82) is 0 Å².